The van der Waals surface area contributed by atoms with Crippen molar-refractivity contribution in [3.05, 3.63) is 78.6 Å². The highest BCUT2D eigenvalue weighted by Crippen LogP contribution is 2.37. The number of hydrogen-bond donors (Lipinski definition) is 1. The maximum absolute atomic E-state index is 13.5. The van der Waals surface area contributed by atoms with Gasteiger partial charge in [0.05, 0.1) is 26.9 Å². The highest BCUT2D eigenvalue weighted by Gasteiger charge is 2.26. The van der Waals surface area contributed by atoms with Crippen LogP contribution in [0.25, 0.3) is 22.1 Å². The predicted molar refractivity (Wildman–Crippen MR) is 143 cm³/mol. The molecule has 0 unspecified atom stereocenters. The van der Waals surface area contributed by atoms with Crippen LogP contribution in [-0.2, 0) is 9.53 Å². The molecule has 1 aliphatic rings. The summed E-state index contributed by atoms with van der Waals surface area (Å²) in [5, 5.41) is 3.67. The zero-order valence-electron chi connectivity index (χ0n) is 20.9. The molecular formula is C29H29N3O5. The van der Waals surface area contributed by atoms with E-state index in [4.69, 9.17) is 13.9 Å². The maximum atomic E-state index is 13.5. The molecule has 1 fully saturated rings. The number of carbonyl (C=O) groups is 2. The van der Waals surface area contributed by atoms with Gasteiger partial charge in [-0.25, -0.2) is 0 Å². The summed E-state index contributed by atoms with van der Waals surface area (Å²) in [6, 6.07) is 22.7. The summed E-state index contributed by atoms with van der Waals surface area (Å²) in [7, 11) is 3.17. The van der Waals surface area contributed by atoms with E-state index in [1.807, 2.05) is 66.7 Å². The topological polar surface area (TPSA) is 84.2 Å². The second-order valence-corrected chi connectivity index (χ2v) is 8.89. The lowest BCUT2D eigenvalue weighted by Crippen LogP contribution is -2.36. The highest BCUT2D eigenvalue weighted by molar-refractivity contribution is 6.09. The van der Waals surface area contributed by atoms with Crippen molar-refractivity contribution < 1.29 is 23.5 Å². The van der Waals surface area contributed by atoms with E-state index in [2.05, 4.69) is 10.2 Å². The lowest BCUT2D eigenvalue weighted by atomic mass is 10.0. The Labute approximate surface area is 215 Å². The van der Waals surface area contributed by atoms with E-state index >= 15 is 0 Å². The standard InChI is InChI=1S/C29H29N3O5/c1-31(19-26(33)30-21-8-10-22(11-9-21)32-14-16-36-17-15-32)29(34)28-27(20-6-4-3-5-7-20)24-13-12-23(35-2)18-25(24)37-28/h3-13,18H,14-17,19H2,1-2H3,(H,30,33). The van der Waals surface area contributed by atoms with Gasteiger partial charge in [0.1, 0.15) is 11.3 Å². The summed E-state index contributed by atoms with van der Waals surface area (Å²) in [6.45, 7) is 2.99. The maximum Gasteiger partial charge on any atom is 0.290 e. The van der Waals surface area contributed by atoms with Crippen molar-refractivity contribution in [1.82, 2.24) is 4.90 Å². The number of benzene rings is 3. The summed E-state index contributed by atoms with van der Waals surface area (Å²) in [4.78, 5) is 29.9. The van der Waals surface area contributed by atoms with E-state index in [1.54, 1.807) is 20.2 Å². The Bertz CT molecular complexity index is 1390. The van der Waals surface area contributed by atoms with Crippen LogP contribution >= 0.6 is 0 Å². The molecule has 2 amide bonds. The van der Waals surface area contributed by atoms with Crippen LogP contribution in [0, 0.1) is 0 Å². The summed E-state index contributed by atoms with van der Waals surface area (Å²) in [6.07, 6.45) is 0. The molecule has 0 saturated carbocycles. The minimum Gasteiger partial charge on any atom is -0.497 e. The molecule has 0 aliphatic carbocycles. The number of rotatable bonds is 7. The third-order valence-electron chi connectivity index (χ3n) is 6.41. The van der Waals surface area contributed by atoms with E-state index in [9.17, 15) is 9.59 Å². The molecule has 1 saturated heterocycles. The van der Waals surface area contributed by atoms with Gasteiger partial charge in [-0.15, -0.1) is 0 Å². The summed E-state index contributed by atoms with van der Waals surface area (Å²) in [5.74, 6) is 0.132. The number of furan rings is 1. The van der Waals surface area contributed by atoms with Crippen LogP contribution in [0.4, 0.5) is 11.4 Å². The number of carbonyl (C=O) groups excluding carboxylic acids is 2. The summed E-state index contributed by atoms with van der Waals surface area (Å²) >= 11 is 0. The molecule has 8 heteroatoms. The zero-order chi connectivity index (χ0) is 25.8. The number of nitrogens with one attached hydrogen (secondary N) is 1. The Kier molecular flexibility index (Phi) is 7.09. The Balaban J connectivity index is 1.32. The molecule has 1 aromatic heterocycles. The van der Waals surface area contributed by atoms with Crippen LogP contribution in [0.15, 0.2) is 77.2 Å². The lowest BCUT2D eigenvalue weighted by Gasteiger charge is -2.28. The van der Waals surface area contributed by atoms with E-state index < -0.39 is 0 Å². The third kappa shape index (κ3) is 5.29. The SMILES string of the molecule is COc1ccc2c(-c3ccccc3)c(C(=O)N(C)CC(=O)Nc3ccc(N4CCOCC4)cc3)oc2c1. The second kappa shape index (κ2) is 10.8. The molecule has 3 aromatic carbocycles. The average Bonchev–Trinajstić information content (AvgIpc) is 3.32. The van der Waals surface area contributed by atoms with Crippen molar-refractivity contribution in [1.29, 1.82) is 0 Å². The number of methoxy groups -OCH3 is 1. The van der Waals surface area contributed by atoms with E-state index in [0.29, 0.717) is 35.8 Å². The van der Waals surface area contributed by atoms with E-state index in [0.717, 1.165) is 29.7 Å². The minimum atomic E-state index is -0.383. The first-order chi connectivity index (χ1) is 18.0. The van der Waals surface area contributed by atoms with Gasteiger partial charge in [0, 0.05) is 48.5 Å². The van der Waals surface area contributed by atoms with Gasteiger partial charge in [-0.3, -0.25) is 9.59 Å². The molecule has 37 heavy (non-hydrogen) atoms. The first kappa shape index (κ1) is 24.4. The van der Waals surface area contributed by atoms with Gasteiger partial charge in [0.25, 0.3) is 5.91 Å². The van der Waals surface area contributed by atoms with Crippen molar-refractivity contribution in [2.45, 2.75) is 0 Å². The van der Waals surface area contributed by atoms with Crippen molar-refractivity contribution >= 4 is 34.2 Å². The van der Waals surface area contributed by atoms with Gasteiger partial charge in [0.2, 0.25) is 11.7 Å². The fourth-order valence-corrected chi connectivity index (χ4v) is 4.48. The van der Waals surface area contributed by atoms with Gasteiger partial charge in [-0.2, -0.15) is 0 Å². The molecule has 0 spiro atoms. The number of anilines is 2. The van der Waals surface area contributed by atoms with Crippen LogP contribution in [0.5, 0.6) is 5.75 Å². The van der Waals surface area contributed by atoms with E-state index in [-0.39, 0.29) is 24.1 Å². The fourth-order valence-electron chi connectivity index (χ4n) is 4.48. The Hall–Kier alpha value is -4.30. The van der Waals surface area contributed by atoms with Crippen LogP contribution in [0.3, 0.4) is 0 Å². The van der Waals surface area contributed by atoms with Crippen molar-refractivity contribution in [2.75, 3.05) is 57.2 Å². The quantitative estimate of drug-likeness (QED) is 0.398. The summed E-state index contributed by atoms with van der Waals surface area (Å²) < 4.78 is 16.8. The summed E-state index contributed by atoms with van der Waals surface area (Å²) in [5.41, 5.74) is 3.84. The Morgan fingerprint density at radius 3 is 2.43 bits per heavy atom. The highest BCUT2D eigenvalue weighted by atomic mass is 16.5. The monoisotopic (exact) mass is 499 g/mol. The van der Waals surface area contributed by atoms with Crippen LogP contribution in [0.1, 0.15) is 10.6 Å². The number of morpholine rings is 1. The van der Waals surface area contributed by atoms with Gasteiger partial charge in [0.15, 0.2) is 0 Å². The molecule has 1 N–H and O–H groups in total. The van der Waals surface area contributed by atoms with Crippen LogP contribution in [-0.4, -0.2) is 63.7 Å². The molecule has 190 valence electrons. The number of amides is 2. The Morgan fingerprint density at radius 1 is 1.00 bits per heavy atom. The number of fused-ring (bicyclic) bond motifs is 1. The zero-order valence-corrected chi connectivity index (χ0v) is 20.9. The first-order valence-corrected chi connectivity index (χ1v) is 12.2. The number of ether oxygens (including phenoxy) is 2. The minimum absolute atomic E-state index is 0.126. The van der Waals surface area contributed by atoms with Gasteiger partial charge < -0.3 is 29.0 Å². The van der Waals surface area contributed by atoms with Crippen molar-refractivity contribution in [3.63, 3.8) is 0 Å². The Morgan fingerprint density at radius 2 is 1.73 bits per heavy atom. The smallest absolute Gasteiger partial charge is 0.290 e. The molecule has 5 rings (SSSR count). The number of hydrogen-bond acceptors (Lipinski definition) is 6. The molecule has 1 aliphatic heterocycles. The van der Waals surface area contributed by atoms with Crippen LogP contribution < -0.4 is 15.0 Å². The average molecular weight is 500 g/mol. The third-order valence-corrected chi connectivity index (χ3v) is 6.41. The number of nitrogens with zero attached hydrogens (tertiary/aromatic N) is 2. The van der Waals surface area contributed by atoms with Gasteiger partial charge in [-0.1, -0.05) is 30.3 Å². The predicted octanol–water partition coefficient (Wildman–Crippen LogP) is 4.66. The molecular weight excluding hydrogens is 470 g/mol. The normalized spacial score (nSPS) is 13.4. The van der Waals surface area contributed by atoms with Crippen molar-refractivity contribution in [3.8, 4) is 16.9 Å². The largest absolute Gasteiger partial charge is 0.497 e. The van der Waals surface area contributed by atoms with Gasteiger partial charge in [-0.05, 0) is 42.0 Å². The molecule has 2 heterocycles. The fraction of sp³-hybridized carbons (Fsp3) is 0.241. The molecule has 4 aromatic rings. The van der Waals surface area contributed by atoms with Crippen molar-refractivity contribution in [2.24, 2.45) is 0 Å². The lowest BCUT2D eigenvalue weighted by molar-refractivity contribution is -0.116. The first-order valence-electron chi connectivity index (χ1n) is 12.2. The van der Waals surface area contributed by atoms with Crippen LogP contribution in [0.2, 0.25) is 0 Å². The molecule has 0 bridgehead atoms. The molecule has 0 radical (unpaired) electrons. The second-order valence-electron chi connectivity index (χ2n) is 8.89. The number of likely N-dealkylation sites (N-methyl/N-ethyl adjacent to an activating group) is 1. The van der Waals surface area contributed by atoms with Gasteiger partial charge >= 0.3 is 0 Å². The van der Waals surface area contributed by atoms with E-state index in [1.165, 1.54) is 4.90 Å². The molecule has 0 atom stereocenters. The molecule has 8 nitrogen and oxygen atoms in total.